The number of hydrogen-bond donors (Lipinski definition) is 0. The molecule has 0 spiro atoms. The molecule has 1 aliphatic rings. The SMILES string of the molecule is CC(C)(C)OC(=O)CN(Cc1ccccc1F)C1CC1. The van der Waals surface area contributed by atoms with E-state index in [2.05, 4.69) is 0 Å². The van der Waals surface area contributed by atoms with Crippen molar-refractivity contribution >= 4 is 5.97 Å². The number of carbonyl (C=O) groups excluding carboxylic acids is 1. The highest BCUT2D eigenvalue weighted by atomic mass is 19.1. The van der Waals surface area contributed by atoms with Gasteiger partial charge >= 0.3 is 5.97 Å². The average Bonchev–Trinajstić information content (AvgIpc) is 3.12. The molecule has 2 rings (SSSR count). The van der Waals surface area contributed by atoms with Crippen molar-refractivity contribution in [3.63, 3.8) is 0 Å². The molecule has 4 heteroatoms. The smallest absolute Gasteiger partial charge is 0.320 e. The zero-order valence-electron chi connectivity index (χ0n) is 12.4. The van der Waals surface area contributed by atoms with E-state index in [0.29, 0.717) is 18.2 Å². The van der Waals surface area contributed by atoms with Crippen LogP contribution >= 0.6 is 0 Å². The van der Waals surface area contributed by atoms with Gasteiger partial charge in [-0.15, -0.1) is 0 Å². The zero-order valence-corrected chi connectivity index (χ0v) is 12.4. The Morgan fingerprint density at radius 3 is 2.55 bits per heavy atom. The molecular formula is C16H22FNO2. The fourth-order valence-electron chi connectivity index (χ4n) is 2.14. The van der Waals surface area contributed by atoms with Crippen LogP contribution in [-0.2, 0) is 16.1 Å². The van der Waals surface area contributed by atoms with Crippen LogP contribution in [0.2, 0.25) is 0 Å². The molecule has 0 atom stereocenters. The van der Waals surface area contributed by atoms with E-state index in [1.807, 2.05) is 31.7 Å². The third-order valence-electron chi connectivity index (χ3n) is 3.15. The summed E-state index contributed by atoms with van der Waals surface area (Å²) >= 11 is 0. The Hall–Kier alpha value is -1.42. The molecule has 20 heavy (non-hydrogen) atoms. The first-order chi connectivity index (χ1) is 9.35. The Bertz CT molecular complexity index is 478. The van der Waals surface area contributed by atoms with Crippen LogP contribution in [-0.4, -0.2) is 29.1 Å². The lowest BCUT2D eigenvalue weighted by Crippen LogP contribution is -2.36. The minimum Gasteiger partial charge on any atom is -0.459 e. The monoisotopic (exact) mass is 279 g/mol. The summed E-state index contributed by atoms with van der Waals surface area (Å²) in [5.74, 6) is -0.469. The van der Waals surface area contributed by atoms with E-state index in [9.17, 15) is 9.18 Å². The van der Waals surface area contributed by atoms with E-state index in [1.165, 1.54) is 6.07 Å². The van der Waals surface area contributed by atoms with Crippen molar-refractivity contribution < 1.29 is 13.9 Å². The summed E-state index contributed by atoms with van der Waals surface area (Å²) in [5, 5.41) is 0. The normalized spacial score (nSPS) is 15.4. The number of rotatable bonds is 5. The van der Waals surface area contributed by atoms with Crippen molar-refractivity contribution in [1.29, 1.82) is 0 Å². The maximum Gasteiger partial charge on any atom is 0.320 e. The van der Waals surface area contributed by atoms with Crippen LogP contribution in [0.25, 0.3) is 0 Å². The molecule has 1 aliphatic carbocycles. The molecule has 3 nitrogen and oxygen atoms in total. The van der Waals surface area contributed by atoms with E-state index in [1.54, 1.807) is 12.1 Å². The Morgan fingerprint density at radius 2 is 2.00 bits per heavy atom. The van der Waals surface area contributed by atoms with Crippen LogP contribution in [0.4, 0.5) is 4.39 Å². The first kappa shape index (κ1) is 15.0. The minimum atomic E-state index is -0.482. The zero-order chi connectivity index (χ0) is 14.8. The lowest BCUT2D eigenvalue weighted by molar-refractivity contribution is -0.156. The summed E-state index contributed by atoms with van der Waals surface area (Å²) in [6.45, 7) is 6.22. The van der Waals surface area contributed by atoms with Crippen LogP contribution in [0.15, 0.2) is 24.3 Å². The number of nitrogens with zero attached hydrogens (tertiary/aromatic N) is 1. The standard InChI is InChI=1S/C16H22FNO2/c1-16(2,3)20-15(19)11-18(13-8-9-13)10-12-6-4-5-7-14(12)17/h4-7,13H,8-11H2,1-3H3. The first-order valence-corrected chi connectivity index (χ1v) is 7.04. The van der Waals surface area contributed by atoms with Crippen LogP contribution in [0.1, 0.15) is 39.2 Å². The van der Waals surface area contributed by atoms with Gasteiger partial charge in [0.25, 0.3) is 0 Å². The molecule has 0 aliphatic heterocycles. The lowest BCUT2D eigenvalue weighted by atomic mass is 10.2. The van der Waals surface area contributed by atoms with Gasteiger partial charge in [0.05, 0.1) is 6.54 Å². The Morgan fingerprint density at radius 1 is 1.35 bits per heavy atom. The summed E-state index contributed by atoms with van der Waals surface area (Å²) in [7, 11) is 0. The third-order valence-corrected chi connectivity index (χ3v) is 3.15. The molecule has 0 heterocycles. The summed E-state index contributed by atoms with van der Waals surface area (Å²) in [6, 6.07) is 7.08. The van der Waals surface area contributed by atoms with Gasteiger partial charge in [-0.3, -0.25) is 9.69 Å². The van der Waals surface area contributed by atoms with Gasteiger partial charge in [-0.1, -0.05) is 18.2 Å². The number of halogens is 1. The molecule has 0 unspecified atom stereocenters. The molecule has 0 bridgehead atoms. The largest absolute Gasteiger partial charge is 0.459 e. The third kappa shape index (κ3) is 4.60. The van der Waals surface area contributed by atoms with E-state index >= 15 is 0 Å². The number of benzene rings is 1. The van der Waals surface area contributed by atoms with Crippen molar-refractivity contribution in [1.82, 2.24) is 4.90 Å². The predicted octanol–water partition coefficient (Wildman–Crippen LogP) is 3.13. The summed E-state index contributed by atoms with van der Waals surface area (Å²) in [5.41, 5.74) is 0.146. The van der Waals surface area contributed by atoms with Crippen molar-refractivity contribution in [2.75, 3.05) is 6.54 Å². The molecule has 0 amide bonds. The first-order valence-electron chi connectivity index (χ1n) is 7.04. The molecule has 0 saturated heterocycles. The Kier molecular flexibility index (Phi) is 4.43. The van der Waals surface area contributed by atoms with Gasteiger partial charge < -0.3 is 4.74 Å². The van der Waals surface area contributed by atoms with Crippen LogP contribution < -0.4 is 0 Å². The molecule has 1 aromatic rings. The highest BCUT2D eigenvalue weighted by Crippen LogP contribution is 2.28. The number of ether oxygens (including phenoxy) is 1. The van der Waals surface area contributed by atoms with E-state index in [4.69, 9.17) is 4.74 Å². The van der Waals surface area contributed by atoms with Gasteiger partial charge in [-0.05, 0) is 39.7 Å². The predicted molar refractivity (Wildman–Crippen MR) is 75.7 cm³/mol. The maximum atomic E-state index is 13.7. The van der Waals surface area contributed by atoms with Crippen molar-refractivity contribution in [2.24, 2.45) is 0 Å². The second kappa shape index (κ2) is 5.92. The Labute approximate surface area is 119 Å². The number of hydrogen-bond acceptors (Lipinski definition) is 3. The lowest BCUT2D eigenvalue weighted by Gasteiger charge is -2.25. The van der Waals surface area contributed by atoms with E-state index in [-0.39, 0.29) is 18.3 Å². The van der Waals surface area contributed by atoms with Crippen LogP contribution in [0.3, 0.4) is 0 Å². The number of esters is 1. The van der Waals surface area contributed by atoms with Gasteiger partial charge in [-0.2, -0.15) is 0 Å². The molecule has 1 saturated carbocycles. The highest BCUT2D eigenvalue weighted by molar-refractivity contribution is 5.72. The van der Waals surface area contributed by atoms with E-state index in [0.717, 1.165) is 12.8 Å². The van der Waals surface area contributed by atoms with Crippen molar-refractivity contribution in [2.45, 2.75) is 51.8 Å². The fourth-order valence-corrected chi connectivity index (χ4v) is 2.14. The van der Waals surface area contributed by atoms with Crippen molar-refractivity contribution in [3.8, 4) is 0 Å². The second-order valence-corrected chi connectivity index (χ2v) is 6.31. The molecule has 110 valence electrons. The maximum absolute atomic E-state index is 13.7. The van der Waals surface area contributed by atoms with Gasteiger partial charge in [-0.25, -0.2) is 4.39 Å². The van der Waals surface area contributed by atoms with E-state index < -0.39 is 5.60 Å². The van der Waals surface area contributed by atoms with Crippen LogP contribution in [0.5, 0.6) is 0 Å². The fraction of sp³-hybridized carbons (Fsp3) is 0.562. The molecular weight excluding hydrogens is 257 g/mol. The van der Waals surface area contributed by atoms with Gasteiger partial charge in [0, 0.05) is 18.2 Å². The molecule has 1 fully saturated rings. The van der Waals surface area contributed by atoms with Gasteiger partial charge in [0.1, 0.15) is 11.4 Å². The summed E-state index contributed by atoms with van der Waals surface area (Å²) in [4.78, 5) is 13.9. The topological polar surface area (TPSA) is 29.5 Å². The quantitative estimate of drug-likeness (QED) is 0.776. The molecule has 0 aromatic heterocycles. The Balaban J connectivity index is 1.98. The number of carbonyl (C=O) groups is 1. The van der Waals surface area contributed by atoms with Crippen LogP contribution in [0, 0.1) is 5.82 Å². The molecule has 0 radical (unpaired) electrons. The summed E-state index contributed by atoms with van der Waals surface area (Å²) < 4.78 is 19.0. The minimum absolute atomic E-state index is 0.219. The molecule has 1 aromatic carbocycles. The average molecular weight is 279 g/mol. The van der Waals surface area contributed by atoms with Gasteiger partial charge in [0.2, 0.25) is 0 Å². The summed E-state index contributed by atoms with van der Waals surface area (Å²) in [6.07, 6.45) is 2.13. The van der Waals surface area contributed by atoms with Crippen molar-refractivity contribution in [3.05, 3.63) is 35.6 Å². The van der Waals surface area contributed by atoms with Gasteiger partial charge in [0.15, 0.2) is 0 Å². The highest BCUT2D eigenvalue weighted by Gasteiger charge is 2.32. The molecule has 0 N–H and O–H groups in total. The second-order valence-electron chi connectivity index (χ2n) is 6.31.